The van der Waals surface area contributed by atoms with Crippen LogP contribution < -0.4 is 0 Å². The van der Waals surface area contributed by atoms with Gasteiger partial charge in [0.15, 0.2) is 5.69 Å². The molecule has 4 nitrogen and oxygen atoms in total. The van der Waals surface area contributed by atoms with Crippen molar-refractivity contribution < 1.29 is 0 Å². The molecule has 0 amide bonds. The molecule has 4 heteroatoms. The summed E-state index contributed by atoms with van der Waals surface area (Å²) in [6, 6.07) is 21.3. The lowest BCUT2D eigenvalue weighted by atomic mass is 10.1. The van der Waals surface area contributed by atoms with Gasteiger partial charge in [-0.1, -0.05) is 53.7 Å². The molecule has 0 aliphatic carbocycles. The van der Waals surface area contributed by atoms with Gasteiger partial charge in [0.25, 0.3) is 0 Å². The number of benzene rings is 2. The Morgan fingerprint density at radius 3 is 2.16 bits per heavy atom. The van der Waals surface area contributed by atoms with Gasteiger partial charge < -0.3 is 0 Å². The maximum absolute atomic E-state index is 9.36. The summed E-state index contributed by atoms with van der Waals surface area (Å²) < 4.78 is 1.56. The van der Waals surface area contributed by atoms with Crippen molar-refractivity contribution in [2.45, 2.75) is 0 Å². The highest BCUT2D eigenvalue weighted by Gasteiger charge is 2.14. The van der Waals surface area contributed by atoms with Crippen LogP contribution in [0.2, 0.25) is 0 Å². The summed E-state index contributed by atoms with van der Waals surface area (Å²) in [6.45, 7) is 0. The maximum Gasteiger partial charge on any atom is 0.172 e. The predicted octanol–water partition coefficient (Wildman–Crippen LogP) is 2.81. The molecule has 0 radical (unpaired) electrons. The number of hydrogen-bond donors (Lipinski definition) is 0. The second-order valence-corrected chi connectivity index (χ2v) is 4.01. The minimum Gasteiger partial charge on any atom is -0.202 e. The zero-order chi connectivity index (χ0) is 13.1. The van der Waals surface area contributed by atoms with Crippen LogP contribution >= 0.6 is 0 Å². The molecule has 3 aromatic rings. The third-order valence-corrected chi connectivity index (χ3v) is 2.82. The minimum absolute atomic E-state index is 0.442. The first-order valence-corrected chi connectivity index (χ1v) is 5.87. The van der Waals surface area contributed by atoms with Crippen LogP contribution in [0.15, 0.2) is 60.7 Å². The van der Waals surface area contributed by atoms with Crippen LogP contribution in [-0.4, -0.2) is 15.0 Å². The van der Waals surface area contributed by atoms with Crippen LogP contribution in [0.25, 0.3) is 16.9 Å². The molecule has 90 valence electrons. The van der Waals surface area contributed by atoms with E-state index in [0.717, 1.165) is 11.3 Å². The molecule has 0 atom stereocenters. The third-order valence-electron chi connectivity index (χ3n) is 2.82. The zero-order valence-electron chi connectivity index (χ0n) is 10.1. The van der Waals surface area contributed by atoms with Gasteiger partial charge in [-0.2, -0.15) is 5.26 Å². The van der Waals surface area contributed by atoms with Crippen LogP contribution in [0.1, 0.15) is 5.69 Å². The monoisotopic (exact) mass is 246 g/mol. The topological polar surface area (TPSA) is 54.5 Å². The molecule has 0 fully saturated rings. The molecule has 0 N–H and O–H groups in total. The number of aromatic nitrogens is 3. The normalized spacial score (nSPS) is 10.1. The standard InChI is InChI=1S/C15H10N4/c16-11-14-15(12-7-3-1-4-8-12)17-18-19(14)13-9-5-2-6-10-13/h1-10H. The average molecular weight is 246 g/mol. The largest absolute Gasteiger partial charge is 0.202 e. The van der Waals surface area contributed by atoms with Gasteiger partial charge in [-0.3, -0.25) is 0 Å². The lowest BCUT2D eigenvalue weighted by Gasteiger charge is -2.01. The van der Waals surface area contributed by atoms with Crippen molar-refractivity contribution in [1.82, 2.24) is 15.0 Å². The molecule has 1 heterocycles. The zero-order valence-corrected chi connectivity index (χ0v) is 10.1. The van der Waals surface area contributed by atoms with Gasteiger partial charge in [0.2, 0.25) is 0 Å². The van der Waals surface area contributed by atoms with Gasteiger partial charge in [0.05, 0.1) is 5.69 Å². The van der Waals surface area contributed by atoms with E-state index >= 15 is 0 Å². The van der Waals surface area contributed by atoms with Crippen molar-refractivity contribution in [3.63, 3.8) is 0 Å². The van der Waals surface area contributed by atoms with E-state index in [1.807, 2.05) is 60.7 Å². The Balaban J connectivity index is 2.16. The predicted molar refractivity (Wildman–Crippen MR) is 71.5 cm³/mol. The van der Waals surface area contributed by atoms with Crippen molar-refractivity contribution in [2.75, 3.05) is 0 Å². The fourth-order valence-corrected chi connectivity index (χ4v) is 1.92. The van der Waals surface area contributed by atoms with E-state index in [0.29, 0.717) is 11.4 Å². The van der Waals surface area contributed by atoms with Crippen LogP contribution in [-0.2, 0) is 0 Å². The lowest BCUT2D eigenvalue weighted by Crippen LogP contribution is -1.99. The van der Waals surface area contributed by atoms with E-state index in [2.05, 4.69) is 16.4 Å². The molecule has 19 heavy (non-hydrogen) atoms. The fraction of sp³-hybridized carbons (Fsp3) is 0. The summed E-state index contributed by atoms with van der Waals surface area (Å²) in [5.74, 6) is 0. The molecule has 0 unspecified atom stereocenters. The summed E-state index contributed by atoms with van der Waals surface area (Å²) in [5, 5.41) is 17.6. The smallest absolute Gasteiger partial charge is 0.172 e. The Hall–Kier alpha value is -2.93. The summed E-state index contributed by atoms with van der Waals surface area (Å²) in [5.41, 5.74) is 2.76. The summed E-state index contributed by atoms with van der Waals surface area (Å²) in [6.07, 6.45) is 0. The molecule has 0 aliphatic rings. The van der Waals surface area contributed by atoms with E-state index in [4.69, 9.17) is 0 Å². The Labute approximate surface area is 110 Å². The van der Waals surface area contributed by atoms with Crippen molar-refractivity contribution >= 4 is 0 Å². The van der Waals surface area contributed by atoms with Crippen LogP contribution in [0.5, 0.6) is 0 Å². The molecule has 0 aliphatic heterocycles. The first kappa shape index (κ1) is 11.2. The number of hydrogen-bond acceptors (Lipinski definition) is 3. The first-order chi connectivity index (χ1) is 9.40. The highest BCUT2D eigenvalue weighted by atomic mass is 15.4. The van der Waals surface area contributed by atoms with Crippen molar-refractivity contribution in [1.29, 1.82) is 5.26 Å². The molecule has 0 saturated carbocycles. The molecular weight excluding hydrogens is 236 g/mol. The van der Waals surface area contributed by atoms with Crippen molar-refractivity contribution in [3.05, 3.63) is 66.4 Å². The van der Waals surface area contributed by atoms with E-state index in [9.17, 15) is 5.26 Å². The molecule has 2 aromatic carbocycles. The van der Waals surface area contributed by atoms with Gasteiger partial charge in [-0.25, -0.2) is 4.68 Å². The number of nitriles is 1. The summed E-state index contributed by atoms with van der Waals surface area (Å²) >= 11 is 0. The molecule has 0 bridgehead atoms. The van der Waals surface area contributed by atoms with E-state index < -0.39 is 0 Å². The number of nitrogens with zero attached hydrogens (tertiary/aromatic N) is 4. The van der Waals surface area contributed by atoms with E-state index in [1.165, 1.54) is 0 Å². The Kier molecular flexibility index (Phi) is 2.79. The summed E-state index contributed by atoms with van der Waals surface area (Å²) in [7, 11) is 0. The quantitative estimate of drug-likeness (QED) is 0.698. The van der Waals surface area contributed by atoms with Crippen molar-refractivity contribution in [3.8, 4) is 23.0 Å². The van der Waals surface area contributed by atoms with Crippen molar-refractivity contribution in [2.24, 2.45) is 0 Å². The molecule has 0 saturated heterocycles. The van der Waals surface area contributed by atoms with Gasteiger partial charge in [0, 0.05) is 5.56 Å². The Morgan fingerprint density at radius 1 is 0.895 bits per heavy atom. The highest BCUT2D eigenvalue weighted by molar-refractivity contribution is 5.65. The fourth-order valence-electron chi connectivity index (χ4n) is 1.92. The first-order valence-electron chi connectivity index (χ1n) is 5.87. The number of rotatable bonds is 2. The molecule has 1 aromatic heterocycles. The number of para-hydroxylation sites is 1. The van der Waals surface area contributed by atoms with Crippen LogP contribution in [0.4, 0.5) is 0 Å². The third kappa shape index (κ3) is 1.98. The Morgan fingerprint density at radius 2 is 1.53 bits per heavy atom. The van der Waals surface area contributed by atoms with E-state index in [-0.39, 0.29) is 0 Å². The highest BCUT2D eigenvalue weighted by Crippen LogP contribution is 2.22. The van der Waals surface area contributed by atoms with E-state index in [1.54, 1.807) is 4.68 Å². The molecule has 0 spiro atoms. The second kappa shape index (κ2) is 4.75. The maximum atomic E-state index is 9.36. The van der Waals surface area contributed by atoms with Crippen LogP contribution in [0.3, 0.4) is 0 Å². The van der Waals surface area contributed by atoms with Crippen LogP contribution in [0, 0.1) is 11.3 Å². The Bertz CT molecular complexity index is 667. The van der Waals surface area contributed by atoms with Gasteiger partial charge in [-0.05, 0) is 12.1 Å². The SMILES string of the molecule is N#Cc1c(-c2ccccc2)nnn1-c1ccccc1. The molecule has 3 rings (SSSR count). The lowest BCUT2D eigenvalue weighted by molar-refractivity contribution is 0.796. The summed E-state index contributed by atoms with van der Waals surface area (Å²) in [4.78, 5) is 0. The average Bonchev–Trinajstić information content (AvgIpc) is 2.93. The minimum atomic E-state index is 0.442. The second-order valence-electron chi connectivity index (χ2n) is 4.01. The molecular formula is C15H10N4. The van der Waals surface area contributed by atoms with Gasteiger partial charge in [-0.15, -0.1) is 5.10 Å². The van der Waals surface area contributed by atoms with Gasteiger partial charge >= 0.3 is 0 Å². The van der Waals surface area contributed by atoms with Gasteiger partial charge in [0.1, 0.15) is 11.8 Å².